The standard InChI is InChI=1S/C20H23N5/c1-13(2)16-6-9-17(10-7-16)22-19-12-21-25-20(24-19)23-18-8-5-14(3)15(4)11-18/h5-13H,1-4H3,(H2,22,23,24,25). The molecule has 0 radical (unpaired) electrons. The van der Waals surface area contributed by atoms with Crippen molar-refractivity contribution in [1.82, 2.24) is 15.2 Å². The van der Waals surface area contributed by atoms with Crippen LogP contribution < -0.4 is 10.6 Å². The predicted molar refractivity (Wildman–Crippen MR) is 103 cm³/mol. The van der Waals surface area contributed by atoms with E-state index in [4.69, 9.17) is 0 Å². The lowest BCUT2D eigenvalue weighted by molar-refractivity contribution is 0.867. The van der Waals surface area contributed by atoms with E-state index in [1.165, 1.54) is 16.7 Å². The molecule has 0 spiro atoms. The third kappa shape index (κ3) is 4.32. The Labute approximate surface area is 148 Å². The Morgan fingerprint density at radius 1 is 0.840 bits per heavy atom. The second-order valence-electron chi connectivity index (χ2n) is 6.49. The molecule has 0 aliphatic carbocycles. The first kappa shape index (κ1) is 16.9. The van der Waals surface area contributed by atoms with Gasteiger partial charge >= 0.3 is 0 Å². The molecule has 0 saturated heterocycles. The first-order chi connectivity index (χ1) is 12.0. The van der Waals surface area contributed by atoms with E-state index in [-0.39, 0.29) is 0 Å². The van der Waals surface area contributed by atoms with E-state index < -0.39 is 0 Å². The first-order valence-corrected chi connectivity index (χ1v) is 8.42. The molecule has 128 valence electrons. The van der Waals surface area contributed by atoms with Gasteiger partial charge in [-0.2, -0.15) is 10.1 Å². The highest BCUT2D eigenvalue weighted by Crippen LogP contribution is 2.21. The molecule has 3 rings (SSSR count). The maximum Gasteiger partial charge on any atom is 0.249 e. The molecule has 0 bridgehead atoms. The quantitative estimate of drug-likeness (QED) is 0.680. The van der Waals surface area contributed by atoms with Crippen LogP contribution in [0.4, 0.5) is 23.1 Å². The van der Waals surface area contributed by atoms with Crippen molar-refractivity contribution in [3.05, 3.63) is 65.4 Å². The Balaban J connectivity index is 1.73. The van der Waals surface area contributed by atoms with Crippen LogP contribution in [-0.4, -0.2) is 15.2 Å². The summed E-state index contributed by atoms with van der Waals surface area (Å²) in [5.41, 5.74) is 5.70. The van der Waals surface area contributed by atoms with Gasteiger partial charge < -0.3 is 10.6 Å². The van der Waals surface area contributed by atoms with Gasteiger partial charge in [0.05, 0.1) is 6.20 Å². The smallest absolute Gasteiger partial charge is 0.249 e. The molecular formula is C20H23N5. The molecule has 2 aromatic carbocycles. The number of anilines is 4. The van der Waals surface area contributed by atoms with Crippen molar-refractivity contribution in [2.24, 2.45) is 0 Å². The van der Waals surface area contributed by atoms with Crippen molar-refractivity contribution >= 4 is 23.1 Å². The zero-order valence-corrected chi connectivity index (χ0v) is 15.0. The number of aromatic nitrogens is 3. The van der Waals surface area contributed by atoms with Gasteiger partial charge in [-0.05, 0) is 60.7 Å². The Kier molecular flexibility index (Phi) is 4.93. The summed E-state index contributed by atoms with van der Waals surface area (Å²) in [6.07, 6.45) is 1.61. The highest BCUT2D eigenvalue weighted by molar-refractivity contribution is 5.59. The molecular weight excluding hydrogens is 310 g/mol. The minimum atomic E-state index is 0.465. The van der Waals surface area contributed by atoms with Crippen LogP contribution >= 0.6 is 0 Å². The van der Waals surface area contributed by atoms with Gasteiger partial charge in [0.1, 0.15) is 0 Å². The Morgan fingerprint density at radius 2 is 1.56 bits per heavy atom. The summed E-state index contributed by atoms with van der Waals surface area (Å²) in [4.78, 5) is 4.48. The molecule has 0 saturated carbocycles. The lowest BCUT2D eigenvalue weighted by Crippen LogP contribution is -2.02. The second-order valence-corrected chi connectivity index (χ2v) is 6.49. The summed E-state index contributed by atoms with van der Waals surface area (Å²) in [5, 5.41) is 14.5. The van der Waals surface area contributed by atoms with E-state index in [0.29, 0.717) is 17.7 Å². The maximum atomic E-state index is 4.48. The summed E-state index contributed by atoms with van der Waals surface area (Å²) in [6.45, 7) is 8.54. The number of aryl methyl sites for hydroxylation is 2. The van der Waals surface area contributed by atoms with Gasteiger partial charge in [0.2, 0.25) is 5.95 Å². The Morgan fingerprint density at radius 3 is 2.24 bits per heavy atom. The lowest BCUT2D eigenvalue weighted by atomic mass is 10.0. The van der Waals surface area contributed by atoms with Crippen LogP contribution in [0.25, 0.3) is 0 Å². The molecule has 0 atom stereocenters. The second kappa shape index (κ2) is 7.30. The fourth-order valence-corrected chi connectivity index (χ4v) is 2.46. The van der Waals surface area contributed by atoms with Gasteiger partial charge in [-0.15, -0.1) is 5.10 Å². The fourth-order valence-electron chi connectivity index (χ4n) is 2.46. The van der Waals surface area contributed by atoms with E-state index in [1.807, 2.05) is 18.2 Å². The van der Waals surface area contributed by atoms with Crippen LogP contribution in [0.3, 0.4) is 0 Å². The molecule has 25 heavy (non-hydrogen) atoms. The molecule has 0 fully saturated rings. The molecule has 2 N–H and O–H groups in total. The number of nitrogens with zero attached hydrogens (tertiary/aromatic N) is 3. The van der Waals surface area contributed by atoms with Crippen LogP contribution in [-0.2, 0) is 0 Å². The highest BCUT2D eigenvalue weighted by atomic mass is 15.3. The zero-order valence-electron chi connectivity index (χ0n) is 15.0. The summed E-state index contributed by atoms with van der Waals surface area (Å²) in [5.74, 6) is 1.63. The first-order valence-electron chi connectivity index (χ1n) is 8.42. The summed E-state index contributed by atoms with van der Waals surface area (Å²) in [6, 6.07) is 14.5. The summed E-state index contributed by atoms with van der Waals surface area (Å²) in [7, 11) is 0. The topological polar surface area (TPSA) is 62.7 Å². The summed E-state index contributed by atoms with van der Waals surface area (Å²) >= 11 is 0. The molecule has 5 heteroatoms. The molecule has 0 aliphatic heterocycles. The van der Waals surface area contributed by atoms with Crippen LogP contribution in [0, 0.1) is 13.8 Å². The average Bonchev–Trinajstić information content (AvgIpc) is 2.59. The van der Waals surface area contributed by atoms with Gasteiger partial charge in [0.15, 0.2) is 5.82 Å². The van der Waals surface area contributed by atoms with Crippen molar-refractivity contribution in [2.45, 2.75) is 33.6 Å². The Hall–Kier alpha value is -2.95. The van der Waals surface area contributed by atoms with E-state index in [2.05, 4.69) is 77.8 Å². The van der Waals surface area contributed by atoms with Crippen LogP contribution in [0.2, 0.25) is 0 Å². The van der Waals surface area contributed by atoms with Gasteiger partial charge in [-0.1, -0.05) is 32.0 Å². The van der Waals surface area contributed by atoms with E-state index in [1.54, 1.807) is 6.20 Å². The monoisotopic (exact) mass is 333 g/mol. The van der Waals surface area contributed by atoms with Crippen LogP contribution in [0.5, 0.6) is 0 Å². The molecule has 1 heterocycles. The molecule has 0 amide bonds. The number of rotatable bonds is 5. The van der Waals surface area contributed by atoms with Gasteiger partial charge in [0, 0.05) is 11.4 Å². The predicted octanol–water partition coefficient (Wildman–Crippen LogP) is 5.10. The van der Waals surface area contributed by atoms with Gasteiger partial charge in [0.25, 0.3) is 0 Å². The molecule has 0 aliphatic rings. The van der Waals surface area contributed by atoms with E-state index in [9.17, 15) is 0 Å². The van der Waals surface area contributed by atoms with Crippen molar-refractivity contribution in [1.29, 1.82) is 0 Å². The molecule has 0 unspecified atom stereocenters. The minimum absolute atomic E-state index is 0.465. The zero-order chi connectivity index (χ0) is 17.8. The molecule has 1 aromatic heterocycles. The largest absolute Gasteiger partial charge is 0.339 e. The summed E-state index contributed by atoms with van der Waals surface area (Å²) < 4.78 is 0. The maximum absolute atomic E-state index is 4.48. The van der Waals surface area contributed by atoms with E-state index >= 15 is 0 Å². The van der Waals surface area contributed by atoms with Crippen molar-refractivity contribution in [3.8, 4) is 0 Å². The van der Waals surface area contributed by atoms with Crippen molar-refractivity contribution in [3.63, 3.8) is 0 Å². The SMILES string of the molecule is Cc1ccc(Nc2nncc(Nc3ccc(C(C)C)cc3)n2)cc1C. The number of benzene rings is 2. The average molecular weight is 333 g/mol. The van der Waals surface area contributed by atoms with Crippen molar-refractivity contribution < 1.29 is 0 Å². The molecule has 5 nitrogen and oxygen atoms in total. The number of hydrogen-bond acceptors (Lipinski definition) is 5. The van der Waals surface area contributed by atoms with Gasteiger partial charge in [-0.25, -0.2) is 0 Å². The molecule has 3 aromatic rings. The van der Waals surface area contributed by atoms with Crippen molar-refractivity contribution in [2.75, 3.05) is 10.6 Å². The lowest BCUT2D eigenvalue weighted by Gasteiger charge is -2.10. The Bertz CT molecular complexity index is 856. The van der Waals surface area contributed by atoms with Gasteiger partial charge in [-0.3, -0.25) is 0 Å². The number of hydrogen-bond donors (Lipinski definition) is 2. The van der Waals surface area contributed by atoms with Crippen LogP contribution in [0.15, 0.2) is 48.7 Å². The van der Waals surface area contributed by atoms with E-state index in [0.717, 1.165) is 11.4 Å². The minimum Gasteiger partial charge on any atom is -0.339 e. The third-order valence-electron chi connectivity index (χ3n) is 4.17. The normalized spacial score (nSPS) is 10.8. The van der Waals surface area contributed by atoms with Crippen LogP contribution in [0.1, 0.15) is 36.5 Å². The highest BCUT2D eigenvalue weighted by Gasteiger charge is 2.04. The number of nitrogens with one attached hydrogen (secondary N) is 2. The fraction of sp³-hybridized carbons (Fsp3) is 0.250. The third-order valence-corrected chi connectivity index (χ3v) is 4.17.